The summed E-state index contributed by atoms with van der Waals surface area (Å²) < 4.78 is 44.0. The highest BCUT2D eigenvalue weighted by Gasteiger charge is 2.37. The van der Waals surface area contributed by atoms with Crippen LogP contribution >= 0.6 is 0 Å². The van der Waals surface area contributed by atoms with Crippen LogP contribution in [0.3, 0.4) is 0 Å². The molecule has 31 heavy (non-hydrogen) atoms. The standard InChI is InChI=1S/C24H25F3N4/c1-3-30(4-2)14-13-18-15-28-21-16-29-22(17-9-6-5-7-10-17)19-11-8-12-20(24(25,26)27)23(19)31(18)21/h5-12,15H,3-4,13-14,16H2,1-2H3. The van der Waals surface area contributed by atoms with Crippen LogP contribution in [0, 0.1) is 0 Å². The minimum absolute atomic E-state index is 0.122. The molecular weight excluding hydrogens is 401 g/mol. The van der Waals surface area contributed by atoms with Crippen LogP contribution in [0.15, 0.2) is 59.7 Å². The molecular formula is C24H25F3N4. The van der Waals surface area contributed by atoms with Crippen molar-refractivity contribution >= 4 is 5.71 Å². The molecule has 1 aromatic heterocycles. The molecule has 1 aliphatic rings. The summed E-state index contributed by atoms with van der Waals surface area (Å²) in [5.74, 6) is 0.526. The van der Waals surface area contributed by atoms with Gasteiger partial charge in [-0.25, -0.2) is 4.98 Å². The van der Waals surface area contributed by atoms with E-state index in [1.54, 1.807) is 16.8 Å². The Kier molecular flexibility index (Phi) is 5.96. The van der Waals surface area contributed by atoms with Gasteiger partial charge in [0, 0.05) is 36.0 Å². The predicted octanol–water partition coefficient (Wildman–Crippen LogP) is 5.13. The normalized spacial score (nSPS) is 13.5. The first-order valence-electron chi connectivity index (χ1n) is 10.5. The zero-order chi connectivity index (χ0) is 22.0. The minimum atomic E-state index is -4.49. The monoisotopic (exact) mass is 426 g/mol. The van der Waals surface area contributed by atoms with Crippen molar-refractivity contribution in [1.82, 2.24) is 14.5 Å². The van der Waals surface area contributed by atoms with Gasteiger partial charge in [-0.2, -0.15) is 13.2 Å². The van der Waals surface area contributed by atoms with Gasteiger partial charge >= 0.3 is 6.18 Å². The Morgan fingerprint density at radius 2 is 1.74 bits per heavy atom. The zero-order valence-electron chi connectivity index (χ0n) is 17.7. The molecule has 0 aliphatic carbocycles. The first-order valence-corrected chi connectivity index (χ1v) is 10.5. The Labute approximate surface area is 180 Å². The molecule has 0 saturated heterocycles. The van der Waals surface area contributed by atoms with E-state index in [4.69, 9.17) is 4.99 Å². The van der Waals surface area contributed by atoms with E-state index in [-0.39, 0.29) is 12.2 Å². The first-order chi connectivity index (χ1) is 14.9. The maximum Gasteiger partial charge on any atom is 0.418 e. The Bertz CT molecular complexity index is 1080. The summed E-state index contributed by atoms with van der Waals surface area (Å²) in [7, 11) is 0. The number of hydrogen-bond acceptors (Lipinski definition) is 3. The molecule has 0 spiro atoms. The Morgan fingerprint density at radius 3 is 2.42 bits per heavy atom. The summed E-state index contributed by atoms with van der Waals surface area (Å²) in [5, 5.41) is 0. The Morgan fingerprint density at radius 1 is 1.00 bits per heavy atom. The van der Waals surface area contributed by atoms with Gasteiger partial charge < -0.3 is 4.90 Å². The van der Waals surface area contributed by atoms with Crippen molar-refractivity contribution in [1.29, 1.82) is 0 Å². The largest absolute Gasteiger partial charge is 0.418 e. The molecule has 4 nitrogen and oxygen atoms in total. The number of nitrogens with zero attached hydrogens (tertiary/aromatic N) is 4. The number of aliphatic imine (C=N–C) groups is 1. The van der Waals surface area contributed by atoms with E-state index in [2.05, 4.69) is 23.7 Å². The molecule has 2 aromatic carbocycles. The van der Waals surface area contributed by atoms with Crippen LogP contribution in [0.5, 0.6) is 0 Å². The van der Waals surface area contributed by atoms with Crippen LogP contribution in [0.1, 0.15) is 42.1 Å². The van der Waals surface area contributed by atoms with Crippen LogP contribution in [0.2, 0.25) is 0 Å². The van der Waals surface area contributed by atoms with Crippen molar-refractivity contribution in [2.75, 3.05) is 19.6 Å². The molecule has 0 N–H and O–H groups in total. The van der Waals surface area contributed by atoms with E-state index in [1.165, 1.54) is 6.07 Å². The zero-order valence-corrected chi connectivity index (χ0v) is 17.7. The fourth-order valence-electron chi connectivity index (χ4n) is 4.09. The molecule has 0 radical (unpaired) electrons. The summed E-state index contributed by atoms with van der Waals surface area (Å²) in [5.41, 5.74) is 2.04. The number of rotatable bonds is 6. The van der Waals surface area contributed by atoms with Gasteiger partial charge in [-0.05, 0) is 19.2 Å². The van der Waals surface area contributed by atoms with Gasteiger partial charge in [0.25, 0.3) is 0 Å². The van der Waals surface area contributed by atoms with Crippen LogP contribution in [0.4, 0.5) is 13.2 Å². The fourth-order valence-corrected chi connectivity index (χ4v) is 4.09. The second kappa shape index (κ2) is 8.67. The van der Waals surface area contributed by atoms with E-state index < -0.39 is 11.7 Å². The molecule has 0 saturated carbocycles. The topological polar surface area (TPSA) is 33.4 Å². The maximum atomic E-state index is 14.1. The van der Waals surface area contributed by atoms with E-state index in [0.717, 1.165) is 37.0 Å². The maximum absolute atomic E-state index is 14.1. The van der Waals surface area contributed by atoms with Crippen molar-refractivity contribution < 1.29 is 13.2 Å². The molecule has 2 heterocycles. The quantitative estimate of drug-likeness (QED) is 0.548. The average Bonchev–Trinajstić information content (AvgIpc) is 3.09. The van der Waals surface area contributed by atoms with Crippen LogP contribution in [0.25, 0.3) is 5.69 Å². The van der Waals surface area contributed by atoms with Gasteiger partial charge in [0.15, 0.2) is 0 Å². The lowest BCUT2D eigenvalue weighted by molar-refractivity contribution is -0.137. The number of halogens is 3. The number of hydrogen-bond donors (Lipinski definition) is 0. The SMILES string of the molecule is CCN(CC)CCc1cnc2n1-c1c(cccc1C(F)(F)F)C(c1ccccc1)=NC2. The third-order valence-electron chi connectivity index (χ3n) is 5.73. The Hall–Kier alpha value is -2.93. The van der Waals surface area contributed by atoms with Crippen molar-refractivity contribution in [3.8, 4) is 5.69 Å². The van der Waals surface area contributed by atoms with Gasteiger partial charge in [-0.3, -0.25) is 9.56 Å². The minimum Gasteiger partial charge on any atom is -0.303 e. The van der Waals surface area contributed by atoms with Crippen LogP contribution in [-0.2, 0) is 19.1 Å². The van der Waals surface area contributed by atoms with Crippen LogP contribution in [-0.4, -0.2) is 39.8 Å². The molecule has 0 unspecified atom stereocenters. The molecule has 1 aliphatic heterocycles. The highest BCUT2D eigenvalue weighted by atomic mass is 19.4. The summed E-state index contributed by atoms with van der Waals surface area (Å²) in [6, 6.07) is 13.7. The number of fused-ring (bicyclic) bond motifs is 3. The van der Waals surface area contributed by atoms with E-state index in [9.17, 15) is 13.2 Å². The van der Waals surface area contributed by atoms with Gasteiger partial charge in [0.2, 0.25) is 0 Å². The van der Waals surface area contributed by atoms with Crippen molar-refractivity contribution in [2.24, 2.45) is 4.99 Å². The average molecular weight is 426 g/mol. The van der Waals surface area contributed by atoms with Crippen LogP contribution < -0.4 is 0 Å². The lowest BCUT2D eigenvalue weighted by atomic mass is 9.97. The number of benzene rings is 2. The number of para-hydroxylation sites is 1. The van der Waals surface area contributed by atoms with E-state index in [1.807, 2.05) is 30.3 Å². The number of aromatic nitrogens is 2. The van der Waals surface area contributed by atoms with E-state index >= 15 is 0 Å². The summed E-state index contributed by atoms with van der Waals surface area (Å²) >= 11 is 0. The predicted molar refractivity (Wildman–Crippen MR) is 116 cm³/mol. The summed E-state index contributed by atoms with van der Waals surface area (Å²) in [6.07, 6.45) is -2.19. The van der Waals surface area contributed by atoms with Gasteiger partial charge in [-0.15, -0.1) is 0 Å². The first kappa shape index (κ1) is 21.3. The highest BCUT2D eigenvalue weighted by molar-refractivity contribution is 6.15. The lowest BCUT2D eigenvalue weighted by Crippen LogP contribution is -2.26. The smallest absolute Gasteiger partial charge is 0.303 e. The number of alkyl halides is 3. The molecule has 0 amide bonds. The molecule has 7 heteroatoms. The summed E-state index contributed by atoms with van der Waals surface area (Å²) in [4.78, 5) is 11.4. The van der Waals surface area contributed by atoms with Crippen molar-refractivity contribution in [2.45, 2.75) is 33.0 Å². The molecule has 3 aromatic rings. The van der Waals surface area contributed by atoms with Crippen molar-refractivity contribution in [3.63, 3.8) is 0 Å². The molecule has 0 atom stereocenters. The number of likely N-dealkylation sites (N-methyl/N-ethyl adjacent to an activating group) is 1. The second-order valence-electron chi connectivity index (χ2n) is 7.51. The molecule has 0 fully saturated rings. The summed E-state index contributed by atoms with van der Waals surface area (Å²) in [6.45, 7) is 6.93. The van der Waals surface area contributed by atoms with Gasteiger partial charge in [-0.1, -0.05) is 56.3 Å². The molecule has 162 valence electrons. The number of imidazole rings is 1. The molecule has 0 bridgehead atoms. The van der Waals surface area contributed by atoms with Crippen molar-refractivity contribution in [3.05, 3.63) is 82.9 Å². The molecule has 4 rings (SSSR count). The third-order valence-corrected chi connectivity index (χ3v) is 5.73. The fraction of sp³-hybridized carbons (Fsp3) is 0.333. The lowest BCUT2D eigenvalue weighted by Gasteiger charge is -2.22. The second-order valence-corrected chi connectivity index (χ2v) is 7.51. The third kappa shape index (κ3) is 4.14. The highest BCUT2D eigenvalue weighted by Crippen LogP contribution is 2.38. The van der Waals surface area contributed by atoms with Gasteiger partial charge in [0.05, 0.1) is 23.5 Å². The van der Waals surface area contributed by atoms with Gasteiger partial charge in [0.1, 0.15) is 5.82 Å². The van der Waals surface area contributed by atoms with E-state index in [0.29, 0.717) is 23.5 Å². The Balaban J connectivity index is 1.90.